The van der Waals surface area contributed by atoms with Gasteiger partial charge in [-0.05, 0) is 55.5 Å². The van der Waals surface area contributed by atoms with Crippen LogP contribution in [0.1, 0.15) is 28.3 Å². The molecular formula is C52H43F3N10O6S2. The maximum absolute atomic E-state index is 13.1. The highest BCUT2D eigenvalue weighted by molar-refractivity contribution is 7.13. The highest BCUT2D eigenvalue weighted by Crippen LogP contribution is 2.40. The standard InChI is InChI=1S/C52H43F3N10O6S2/c1-30-4-10-48-58-40(24-64(48)60-30)46-22-39-43(19-37(67-3)21-45(39)70-46)69-27-35-29-73-51(57-35)63-16-14-62(15-17-63)13-12-33-9-11-49-59-41(25-65(49)61-33)47-23-38-42(18-36(66-2)20-44(38)71-47)68-26-34-28-72-50(56-34)31-5-7-32(8-6-31)52(53,54)55/h4-11,18-25,28-29H,12-17,26-27H2,1-3H3. The number of benzene rings is 3. The van der Waals surface area contributed by atoms with Gasteiger partial charge in [0.1, 0.15) is 63.8 Å². The first kappa shape index (κ1) is 46.1. The van der Waals surface area contributed by atoms with E-state index in [-0.39, 0.29) is 13.2 Å². The van der Waals surface area contributed by atoms with E-state index in [1.807, 2.05) is 78.6 Å². The molecule has 9 heterocycles. The summed E-state index contributed by atoms with van der Waals surface area (Å²) in [5.74, 6) is 3.46. The average Bonchev–Trinajstić information content (AvgIpc) is 4.28. The van der Waals surface area contributed by atoms with Gasteiger partial charge in [-0.1, -0.05) is 12.1 Å². The Kier molecular flexibility index (Phi) is 11.9. The summed E-state index contributed by atoms with van der Waals surface area (Å²) in [7, 11) is 3.18. The van der Waals surface area contributed by atoms with Crippen LogP contribution in [0.5, 0.6) is 23.0 Å². The van der Waals surface area contributed by atoms with Crippen molar-refractivity contribution in [3.8, 4) is 56.5 Å². The Morgan fingerprint density at radius 3 is 1.84 bits per heavy atom. The highest BCUT2D eigenvalue weighted by Gasteiger charge is 2.30. The molecule has 12 rings (SSSR count). The largest absolute Gasteiger partial charge is 0.496 e. The lowest BCUT2D eigenvalue weighted by atomic mass is 10.1. The Morgan fingerprint density at radius 2 is 1.22 bits per heavy atom. The summed E-state index contributed by atoms with van der Waals surface area (Å²) in [6.45, 7) is 6.70. The molecule has 8 aromatic heterocycles. The van der Waals surface area contributed by atoms with Gasteiger partial charge in [0, 0.05) is 79.7 Å². The maximum Gasteiger partial charge on any atom is 0.416 e. The molecule has 1 aliphatic rings. The van der Waals surface area contributed by atoms with Gasteiger partial charge in [-0.15, -0.1) is 22.7 Å². The molecule has 370 valence electrons. The monoisotopic (exact) mass is 1020 g/mol. The smallest absolute Gasteiger partial charge is 0.416 e. The number of aromatic nitrogens is 8. The summed E-state index contributed by atoms with van der Waals surface area (Å²) >= 11 is 2.95. The molecule has 0 saturated carbocycles. The molecule has 0 unspecified atom stereocenters. The Hall–Kier alpha value is -8.01. The van der Waals surface area contributed by atoms with Crippen LogP contribution in [0.3, 0.4) is 0 Å². The van der Waals surface area contributed by atoms with Gasteiger partial charge in [0.2, 0.25) is 0 Å². The molecular weight excluding hydrogens is 982 g/mol. The van der Waals surface area contributed by atoms with Crippen LogP contribution in [0.2, 0.25) is 0 Å². The second kappa shape index (κ2) is 18.9. The Balaban J connectivity index is 0.654. The van der Waals surface area contributed by atoms with E-state index in [2.05, 4.69) is 19.9 Å². The fourth-order valence-electron chi connectivity index (χ4n) is 8.72. The summed E-state index contributed by atoms with van der Waals surface area (Å²) in [6, 6.07) is 23.9. The first-order chi connectivity index (χ1) is 35.5. The predicted octanol–water partition coefficient (Wildman–Crippen LogP) is 11.0. The average molecular weight is 1030 g/mol. The third-order valence-corrected chi connectivity index (χ3v) is 14.5. The number of furan rings is 2. The molecule has 1 aliphatic heterocycles. The minimum absolute atomic E-state index is 0.121. The number of alkyl halides is 3. The number of hydrogen-bond acceptors (Lipinski definition) is 16. The van der Waals surface area contributed by atoms with Crippen LogP contribution in [0, 0.1) is 6.92 Å². The Labute approximate surface area is 421 Å². The number of anilines is 1. The molecule has 0 N–H and O–H groups in total. The quantitative estimate of drug-likeness (QED) is 0.0956. The minimum Gasteiger partial charge on any atom is -0.496 e. The van der Waals surface area contributed by atoms with E-state index in [1.165, 1.54) is 23.5 Å². The molecule has 0 aliphatic carbocycles. The zero-order valence-corrected chi connectivity index (χ0v) is 41.1. The molecule has 0 radical (unpaired) electrons. The van der Waals surface area contributed by atoms with Crippen LogP contribution in [0.25, 0.3) is 66.7 Å². The van der Waals surface area contributed by atoms with Gasteiger partial charge in [-0.25, -0.2) is 29.0 Å². The summed E-state index contributed by atoms with van der Waals surface area (Å²) in [6.07, 6.45) is 0.0697. The number of rotatable bonds is 15. The van der Waals surface area contributed by atoms with Crippen LogP contribution in [0.15, 0.2) is 117 Å². The normalized spacial score (nSPS) is 13.5. The van der Waals surface area contributed by atoms with Crippen LogP contribution in [-0.2, 0) is 25.8 Å². The number of hydrogen-bond donors (Lipinski definition) is 0. The van der Waals surface area contributed by atoms with E-state index < -0.39 is 11.7 Å². The molecule has 16 nitrogen and oxygen atoms in total. The van der Waals surface area contributed by atoms with E-state index >= 15 is 0 Å². The molecule has 0 spiro atoms. The number of nitrogens with zero attached hydrogens (tertiary/aromatic N) is 10. The topological polar surface area (TPSA) is 156 Å². The zero-order chi connectivity index (χ0) is 49.8. The molecule has 11 aromatic rings. The van der Waals surface area contributed by atoms with E-state index in [4.69, 9.17) is 47.8 Å². The van der Waals surface area contributed by atoms with Crippen molar-refractivity contribution in [3.63, 3.8) is 0 Å². The number of halogens is 3. The van der Waals surface area contributed by atoms with Gasteiger partial charge >= 0.3 is 6.18 Å². The number of fused-ring (bicyclic) bond motifs is 4. The number of imidazole rings is 2. The van der Waals surface area contributed by atoms with E-state index in [0.717, 1.165) is 84.5 Å². The van der Waals surface area contributed by atoms with Crippen molar-refractivity contribution in [2.75, 3.05) is 51.8 Å². The van der Waals surface area contributed by atoms with E-state index in [0.29, 0.717) is 84.4 Å². The number of piperazine rings is 1. The van der Waals surface area contributed by atoms with Crippen molar-refractivity contribution < 1.29 is 41.0 Å². The molecule has 21 heteroatoms. The van der Waals surface area contributed by atoms with E-state index in [1.54, 1.807) is 46.7 Å². The maximum atomic E-state index is 13.1. The lowest BCUT2D eigenvalue weighted by Gasteiger charge is -2.34. The van der Waals surface area contributed by atoms with Crippen LogP contribution >= 0.6 is 22.7 Å². The van der Waals surface area contributed by atoms with Gasteiger partial charge in [0.15, 0.2) is 27.9 Å². The SMILES string of the molecule is COc1cc(OCc2csc(N3CCN(CCc4ccc5nc(-c6cc7c(OCc8csc(-c9ccc(C(F)(F)F)cc9)n8)cc(OC)cc7o6)cn5n4)CC3)n2)c2cc(-c3cn4nc(C)ccc4n3)oc2c1. The first-order valence-corrected chi connectivity index (χ1v) is 25.0. The van der Waals surface area contributed by atoms with Crippen molar-refractivity contribution in [3.05, 3.63) is 136 Å². The van der Waals surface area contributed by atoms with Gasteiger partial charge in [0.25, 0.3) is 0 Å². The number of ether oxygens (including phenoxy) is 4. The lowest BCUT2D eigenvalue weighted by molar-refractivity contribution is -0.137. The van der Waals surface area contributed by atoms with Gasteiger partial charge in [0.05, 0.1) is 65.7 Å². The van der Waals surface area contributed by atoms with Crippen molar-refractivity contribution in [1.29, 1.82) is 0 Å². The highest BCUT2D eigenvalue weighted by atomic mass is 32.1. The molecule has 0 bridgehead atoms. The summed E-state index contributed by atoms with van der Waals surface area (Å²) < 4.78 is 79.1. The fraction of sp³-hybridized carbons (Fsp3) is 0.231. The van der Waals surface area contributed by atoms with E-state index in [9.17, 15) is 13.2 Å². The second-order valence-corrected chi connectivity index (χ2v) is 19.1. The van der Waals surface area contributed by atoms with Crippen LogP contribution in [-0.4, -0.2) is 91.0 Å². The lowest BCUT2D eigenvalue weighted by Crippen LogP contribution is -2.47. The third kappa shape index (κ3) is 9.49. The van der Waals surface area contributed by atoms with Crippen LogP contribution < -0.4 is 23.8 Å². The Morgan fingerprint density at radius 1 is 0.630 bits per heavy atom. The van der Waals surface area contributed by atoms with Crippen molar-refractivity contribution in [1.82, 2.24) is 44.1 Å². The second-order valence-electron chi connectivity index (χ2n) is 17.4. The molecule has 1 fully saturated rings. The van der Waals surface area contributed by atoms with Crippen molar-refractivity contribution in [2.24, 2.45) is 0 Å². The van der Waals surface area contributed by atoms with Crippen molar-refractivity contribution in [2.45, 2.75) is 32.7 Å². The molecule has 1 saturated heterocycles. The van der Waals surface area contributed by atoms with Gasteiger partial charge in [-0.2, -0.15) is 23.4 Å². The first-order valence-electron chi connectivity index (χ1n) is 23.2. The predicted molar refractivity (Wildman–Crippen MR) is 270 cm³/mol. The van der Waals surface area contributed by atoms with Crippen LogP contribution in [0.4, 0.5) is 18.3 Å². The minimum atomic E-state index is -4.41. The number of thiazole rings is 2. The fourth-order valence-corrected chi connectivity index (χ4v) is 10.4. The number of methoxy groups -OCH3 is 2. The zero-order valence-electron chi connectivity index (χ0n) is 39.4. The van der Waals surface area contributed by atoms with Gasteiger partial charge < -0.3 is 32.7 Å². The summed E-state index contributed by atoms with van der Waals surface area (Å²) in [5.41, 5.74) is 7.07. The Bertz CT molecular complexity index is 3800. The molecule has 73 heavy (non-hydrogen) atoms. The number of aryl methyl sites for hydroxylation is 1. The summed E-state index contributed by atoms with van der Waals surface area (Å²) in [4.78, 5) is 23.8. The van der Waals surface area contributed by atoms with Crippen molar-refractivity contribution >= 4 is 61.0 Å². The molecule has 0 atom stereocenters. The third-order valence-electron chi connectivity index (χ3n) is 12.6. The van der Waals surface area contributed by atoms with Gasteiger partial charge in [-0.3, -0.25) is 4.90 Å². The molecule has 0 amide bonds. The summed E-state index contributed by atoms with van der Waals surface area (Å²) in [5, 5.41) is 16.4. The molecule has 3 aromatic carbocycles.